The molecule has 0 aliphatic heterocycles. The van der Waals surface area contributed by atoms with Crippen LogP contribution in [0.15, 0.2) is 34.7 Å². The Labute approximate surface area is 174 Å². The second-order valence-corrected chi connectivity index (χ2v) is 9.10. The van der Waals surface area contributed by atoms with Crippen molar-refractivity contribution < 1.29 is 4.79 Å². The molecule has 2 heterocycles. The third-order valence-corrected chi connectivity index (χ3v) is 7.04. The van der Waals surface area contributed by atoms with Crippen LogP contribution >= 0.6 is 11.3 Å². The molecule has 1 N–H and O–H groups in total. The van der Waals surface area contributed by atoms with E-state index in [0.29, 0.717) is 16.1 Å². The summed E-state index contributed by atoms with van der Waals surface area (Å²) in [5.41, 5.74) is 4.15. The second-order valence-electron chi connectivity index (χ2n) is 8.24. The van der Waals surface area contributed by atoms with Gasteiger partial charge in [0.05, 0.1) is 11.7 Å². The van der Waals surface area contributed by atoms with Crippen LogP contribution in [0.2, 0.25) is 0 Å². The van der Waals surface area contributed by atoms with Gasteiger partial charge in [0.15, 0.2) is 0 Å². The number of carbonyl (C=O) groups excluding carboxylic acids is 1. The number of fused-ring (bicyclic) bond motifs is 1. The number of nitrogens with zero attached hydrogens (tertiary/aromatic N) is 2. The third-order valence-electron chi connectivity index (χ3n) is 6.15. The largest absolute Gasteiger partial charge is 0.352 e. The summed E-state index contributed by atoms with van der Waals surface area (Å²) in [6.07, 6.45) is 6.03. The molecule has 1 saturated carbocycles. The molecule has 1 aromatic carbocycles. The zero-order chi connectivity index (χ0) is 20.5. The van der Waals surface area contributed by atoms with E-state index in [-0.39, 0.29) is 24.1 Å². The van der Waals surface area contributed by atoms with E-state index in [9.17, 15) is 9.59 Å². The lowest BCUT2D eigenvalue weighted by Gasteiger charge is -2.29. The van der Waals surface area contributed by atoms with Crippen molar-refractivity contribution in [2.24, 2.45) is 5.92 Å². The fourth-order valence-corrected chi connectivity index (χ4v) is 5.05. The van der Waals surface area contributed by atoms with E-state index in [1.54, 1.807) is 0 Å². The highest BCUT2D eigenvalue weighted by Gasteiger charge is 2.23. The topological polar surface area (TPSA) is 64.0 Å². The van der Waals surface area contributed by atoms with E-state index in [1.807, 2.05) is 11.4 Å². The Morgan fingerprint density at radius 2 is 2.03 bits per heavy atom. The van der Waals surface area contributed by atoms with E-state index in [2.05, 4.69) is 43.2 Å². The van der Waals surface area contributed by atoms with E-state index in [0.717, 1.165) is 30.4 Å². The maximum atomic E-state index is 13.2. The molecule has 1 amide bonds. The van der Waals surface area contributed by atoms with Gasteiger partial charge in [0, 0.05) is 17.0 Å². The summed E-state index contributed by atoms with van der Waals surface area (Å²) in [4.78, 5) is 30.9. The van der Waals surface area contributed by atoms with Crippen molar-refractivity contribution >= 4 is 27.5 Å². The maximum absolute atomic E-state index is 13.2. The Kier molecular flexibility index (Phi) is 5.54. The normalized spacial score (nSPS) is 19.4. The number of hydrogen-bond donors (Lipinski definition) is 1. The van der Waals surface area contributed by atoms with E-state index in [4.69, 9.17) is 0 Å². The molecule has 4 rings (SSSR count). The molecule has 5 nitrogen and oxygen atoms in total. The average molecular weight is 410 g/mol. The smallest absolute Gasteiger partial charge is 0.263 e. The summed E-state index contributed by atoms with van der Waals surface area (Å²) in [5.74, 6) is 0.369. The fourth-order valence-electron chi connectivity index (χ4n) is 4.14. The van der Waals surface area contributed by atoms with Gasteiger partial charge in [-0.25, -0.2) is 4.98 Å². The SMILES string of the molecule is Cc1ccc(-c2csc3ncn(CC(=O)N[C@@H]4CCCC[C@@H]4C)c(=O)c23)cc1C. The highest BCUT2D eigenvalue weighted by molar-refractivity contribution is 7.17. The van der Waals surface area contributed by atoms with E-state index < -0.39 is 0 Å². The number of amides is 1. The molecule has 2 aromatic heterocycles. The van der Waals surface area contributed by atoms with Gasteiger partial charge in [0.25, 0.3) is 5.56 Å². The van der Waals surface area contributed by atoms with Crippen LogP contribution in [0.1, 0.15) is 43.7 Å². The minimum Gasteiger partial charge on any atom is -0.352 e. The number of aryl methyl sites for hydroxylation is 2. The molecule has 0 bridgehead atoms. The first-order valence-corrected chi connectivity index (χ1v) is 11.2. The van der Waals surface area contributed by atoms with Gasteiger partial charge in [-0.15, -0.1) is 11.3 Å². The zero-order valence-corrected chi connectivity index (χ0v) is 18.0. The molecule has 0 saturated heterocycles. The number of rotatable bonds is 4. The van der Waals surface area contributed by atoms with Crippen molar-refractivity contribution in [2.75, 3.05) is 0 Å². The van der Waals surface area contributed by atoms with Gasteiger partial charge in [-0.2, -0.15) is 0 Å². The van der Waals surface area contributed by atoms with Gasteiger partial charge in [-0.3, -0.25) is 14.2 Å². The highest BCUT2D eigenvalue weighted by Crippen LogP contribution is 2.31. The van der Waals surface area contributed by atoms with Crippen LogP contribution in [0, 0.1) is 19.8 Å². The molecule has 2 atom stereocenters. The fraction of sp³-hybridized carbons (Fsp3) is 0.435. The van der Waals surface area contributed by atoms with E-state index >= 15 is 0 Å². The Bertz CT molecular complexity index is 1110. The Balaban J connectivity index is 1.62. The van der Waals surface area contributed by atoms with Crippen LogP contribution in [0.5, 0.6) is 0 Å². The number of hydrogen-bond acceptors (Lipinski definition) is 4. The Hall–Kier alpha value is -2.47. The zero-order valence-electron chi connectivity index (χ0n) is 17.2. The first-order chi connectivity index (χ1) is 13.9. The van der Waals surface area contributed by atoms with Crippen LogP contribution in [0.3, 0.4) is 0 Å². The summed E-state index contributed by atoms with van der Waals surface area (Å²) >= 11 is 1.46. The van der Waals surface area contributed by atoms with Gasteiger partial charge >= 0.3 is 0 Å². The summed E-state index contributed by atoms with van der Waals surface area (Å²) in [7, 11) is 0. The predicted molar refractivity (Wildman–Crippen MR) is 118 cm³/mol. The molecule has 0 spiro atoms. The molecule has 29 heavy (non-hydrogen) atoms. The molecule has 1 aliphatic carbocycles. The van der Waals surface area contributed by atoms with Crippen LogP contribution in [-0.4, -0.2) is 21.5 Å². The van der Waals surface area contributed by atoms with Crippen molar-refractivity contribution in [3.05, 3.63) is 51.4 Å². The van der Waals surface area contributed by atoms with Crippen molar-refractivity contribution in [1.82, 2.24) is 14.9 Å². The molecule has 1 aliphatic rings. The number of carbonyl (C=O) groups is 1. The molecular formula is C23H27N3O2S. The number of nitrogens with one attached hydrogen (secondary N) is 1. The third kappa shape index (κ3) is 3.99. The summed E-state index contributed by atoms with van der Waals surface area (Å²) in [5, 5.41) is 5.70. The first kappa shape index (κ1) is 19.8. The van der Waals surface area contributed by atoms with E-state index in [1.165, 1.54) is 39.8 Å². The lowest BCUT2D eigenvalue weighted by atomic mass is 9.86. The van der Waals surface area contributed by atoms with Crippen molar-refractivity contribution in [3.63, 3.8) is 0 Å². The summed E-state index contributed by atoms with van der Waals surface area (Å²) < 4.78 is 1.43. The second kappa shape index (κ2) is 8.11. The molecule has 6 heteroatoms. The quantitative estimate of drug-likeness (QED) is 0.693. The van der Waals surface area contributed by atoms with Crippen LogP contribution in [0.25, 0.3) is 21.3 Å². The van der Waals surface area contributed by atoms with Gasteiger partial charge in [-0.1, -0.05) is 38.0 Å². The molecular weight excluding hydrogens is 382 g/mol. The minimum atomic E-state index is -0.156. The van der Waals surface area contributed by atoms with Crippen LogP contribution < -0.4 is 10.9 Å². The average Bonchev–Trinajstić information content (AvgIpc) is 3.13. The molecule has 0 unspecified atom stereocenters. The molecule has 3 aromatic rings. The van der Waals surface area contributed by atoms with Gasteiger partial charge < -0.3 is 5.32 Å². The lowest BCUT2D eigenvalue weighted by molar-refractivity contribution is -0.123. The highest BCUT2D eigenvalue weighted by atomic mass is 32.1. The monoisotopic (exact) mass is 409 g/mol. The Morgan fingerprint density at radius 1 is 1.24 bits per heavy atom. The number of aromatic nitrogens is 2. The van der Waals surface area contributed by atoms with Gasteiger partial charge in [-0.05, 0) is 49.3 Å². The maximum Gasteiger partial charge on any atom is 0.263 e. The van der Waals surface area contributed by atoms with Crippen molar-refractivity contribution in [1.29, 1.82) is 0 Å². The standard InChI is InChI=1S/C23H27N3O2S/c1-14-8-9-17(10-16(14)3)18-12-29-22-21(18)23(28)26(13-24-22)11-20(27)25-19-7-5-4-6-15(19)2/h8-10,12-13,15,19H,4-7,11H2,1-3H3,(H,25,27)/t15-,19+/m0/s1. The molecule has 0 radical (unpaired) electrons. The first-order valence-electron chi connectivity index (χ1n) is 10.3. The van der Waals surface area contributed by atoms with Gasteiger partial charge in [0.1, 0.15) is 11.4 Å². The predicted octanol–water partition coefficient (Wildman–Crippen LogP) is 4.44. The number of thiophene rings is 1. The van der Waals surface area contributed by atoms with Crippen molar-refractivity contribution in [3.8, 4) is 11.1 Å². The summed E-state index contributed by atoms with van der Waals surface area (Å²) in [6.45, 7) is 6.34. The summed E-state index contributed by atoms with van der Waals surface area (Å²) in [6, 6.07) is 6.42. The van der Waals surface area contributed by atoms with Crippen LogP contribution in [-0.2, 0) is 11.3 Å². The minimum absolute atomic E-state index is 0.00715. The number of benzene rings is 1. The van der Waals surface area contributed by atoms with Crippen LogP contribution in [0.4, 0.5) is 0 Å². The molecule has 1 fully saturated rings. The molecule has 152 valence electrons. The lowest BCUT2D eigenvalue weighted by Crippen LogP contribution is -2.43. The Morgan fingerprint density at radius 3 is 2.79 bits per heavy atom. The van der Waals surface area contributed by atoms with Gasteiger partial charge in [0.2, 0.25) is 5.91 Å². The van der Waals surface area contributed by atoms with Crippen molar-refractivity contribution in [2.45, 2.75) is 59.0 Å².